The fourth-order valence-electron chi connectivity index (χ4n) is 3.29. The van der Waals surface area contributed by atoms with E-state index in [0.29, 0.717) is 12.3 Å². The molecule has 0 saturated heterocycles. The van der Waals surface area contributed by atoms with Crippen LogP contribution in [0.25, 0.3) is 16.8 Å². The maximum atomic E-state index is 12.4. The molecule has 0 saturated carbocycles. The lowest BCUT2D eigenvalue weighted by atomic mass is 10.1. The molecule has 0 aromatic heterocycles. The van der Waals surface area contributed by atoms with Crippen LogP contribution in [0.2, 0.25) is 0 Å². The van der Waals surface area contributed by atoms with Gasteiger partial charge >= 0.3 is 0 Å². The summed E-state index contributed by atoms with van der Waals surface area (Å²) in [5.41, 5.74) is 2.55. The molecule has 0 atom stereocenters. The van der Waals surface area contributed by atoms with Gasteiger partial charge in [0.05, 0.1) is 0 Å². The zero-order chi connectivity index (χ0) is 22.3. The molecule has 0 radical (unpaired) electrons. The number of carbonyl (C=O) groups is 1. The number of hydrogen-bond donors (Lipinski definition) is 1. The van der Waals surface area contributed by atoms with Crippen LogP contribution in [0.15, 0.2) is 96.6 Å². The van der Waals surface area contributed by atoms with Crippen molar-refractivity contribution in [3.63, 3.8) is 0 Å². The summed E-state index contributed by atoms with van der Waals surface area (Å²) in [5.74, 6) is 0.280. The van der Waals surface area contributed by atoms with Gasteiger partial charge in [0.1, 0.15) is 24.0 Å². The van der Waals surface area contributed by atoms with Crippen LogP contribution in [0.3, 0.4) is 0 Å². The van der Waals surface area contributed by atoms with Crippen molar-refractivity contribution in [3.05, 3.63) is 111 Å². The molecule has 4 nitrogen and oxygen atoms in total. The number of carbonyl (C=O) groups excluding carboxylic acids is 1. The standard InChI is InChI=1S/C27H19IN2O2/c28-23-10-12-24(13-11-23)30-27(31)22(17-29)16-19-8-14-25(15-9-19)32-18-21-6-3-5-20-4-1-2-7-26(20)21/h1-16H,18H2,(H,30,31)/b22-16-. The molecule has 0 spiro atoms. The number of fused-ring (bicyclic) bond motifs is 1. The predicted molar refractivity (Wildman–Crippen MR) is 136 cm³/mol. The number of halogens is 1. The predicted octanol–water partition coefficient (Wildman–Crippen LogP) is 6.57. The van der Waals surface area contributed by atoms with E-state index < -0.39 is 5.91 Å². The van der Waals surface area contributed by atoms with Crippen LogP contribution in [0.1, 0.15) is 11.1 Å². The van der Waals surface area contributed by atoms with E-state index in [0.717, 1.165) is 20.4 Å². The summed E-state index contributed by atoms with van der Waals surface area (Å²) >= 11 is 2.19. The van der Waals surface area contributed by atoms with Crippen molar-refractivity contribution < 1.29 is 9.53 Å². The van der Waals surface area contributed by atoms with Crippen LogP contribution >= 0.6 is 22.6 Å². The van der Waals surface area contributed by atoms with Gasteiger partial charge in [0.15, 0.2) is 0 Å². The fraction of sp³-hybridized carbons (Fsp3) is 0.0370. The second kappa shape index (κ2) is 10.1. The highest BCUT2D eigenvalue weighted by atomic mass is 127. The smallest absolute Gasteiger partial charge is 0.266 e. The monoisotopic (exact) mass is 530 g/mol. The molecule has 0 bridgehead atoms. The van der Waals surface area contributed by atoms with Crippen LogP contribution in [0.5, 0.6) is 5.75 Å². The number of nitrogens with zero attached hydrogens (tertiary/aromatic N) is 1. The summed E-state index contributed by atoms with van der Waals surface area (Å²) in [5, 5.41) is 14.5. The van der Waals surface area contributed by atoms with E-state index in [1.54, 1.807) is 18.2 Å². The first-order valence-electron chi connectivity index (χ1n) is 10.0. The summed E-state index contributed by atoms with van der Waals surface area (Å²) in [6.07, 6.45) is 1.57. The first kappa shape index (κ1) is 21.6. The molecule has 5 heteroatoms. The molecule has 1 N–H and O–H groups in total. The lowest BCUT2D eigenvalue weighted by Gasteiger charge is -2.09. The van der Waals surface area contributed by atoms with Crippen molar-refractivity contribution >= 4 is 51.0 Å². The molecule has 32 heavy (non-hydrogen) atoms. The van der Waals surface area contributed by atoms with E-state index in [2.05, 4.69) is 52.2 Å². The highest BCUT2D eigenvalue weighted by Crippen LogP contribution is 2.22. The Morgan fingerprint density at radius 1 is 0.938 bits per heavy atom. The third kappa shape index (κ3) is 5.34. The minimum Gasteiger partial charge on any atom is -0.489 e. The van der Waals surface area contributed by atoms with E-state index >= 15 is 0 Å². The van der Waals surface area contributed by atoms with E-state index in [1.807, 2.05) is 60.7 Å². The molecule has 0 heterocycles. The summed E-state index contributed by atoms with van der Waals surface area (Å²) < 4.78 is 7.03. The van der Waals surface area contributed by atoms with Gasteiger partial charge in [-0.2, -0.15) is 5.26 Å². The zero-order valence-corrected chi connectivity index (χ0v) is 19.2. The molecule has 0 aliphatic heterocycles. The quantitative estimate of drug-likeness (QED) is 0.174. The van der Waals surface area contributed by atoms with Crippen molar-refractivity contribution in [1.29, 1.82) is 5.26 Å². The molecule has 0 aliphatic carbocycles. The third-order valence-electron chi connectivity index (χ3n) is 4.93. The maximum absolute atomic E-state index is 12.4. The number of rotatable bonds is 6. The lowest BCUT2D eigenvalue weighted by Crippen LogP contribution is -2.13. The number of ether oxygens (including phenoxy) is 1. The molecule has 156 valence electrons. The Morgan fingerprint density at radius 3 is 2.41 bits per heavy atom. The van der Waals surface area contributed by atoms with Gasteiger partial charge in [-0.05, 0) is 87.0 Å². The highest BCUT2D eigenvalue weighted by Gasteiger charge is 2.10. The van der Waals surface area contributed by atoms with E-state index in [1.165, 1.54) is 10.8 Å². The largest absolute Gasteiger partial charge is 0.489 e. The summed E-state index contributed by atoms with van der Waals surface area (Å²) in [7, 11) is 0. The van der Waals surface area contributed by atoms with Crippen molar-refractivity contribution in [1.82, 2.24) is 0 Å². The molecular formula is C27H19IN2O2. The highest BCUT2D eigenvalue weighted by molar-refractivity contribution is 14.1. The molecule has 4 aromatic carbocycles. The maximum Gasteiger partial charge on any atom is 0.266 e. The first-order valence-corrected chi connectivity index (χ1v) is 11.1. The van der Waals surface area contributed by atoms with Gasteiger partial charge in [-0.25, -0.2) is 0 Å². The van der Waals surface area contributed by atoms with Crippen LogP contribution in [-0.2, 0) is 11.4 Å². The van der Waals surface area contributed by atoms with E-state index in [9.17, 15) is 10.1 Å². The van der Waals surface area contributed by atoms with Gasteiger partial charge in [0.2, 0.25) is 0 Å². The Balaban J connectivity index is 1.43. The number of amides is 1. The number of anilines is 1. The molecule has 0 aliphatic rings. The van der Waals surface area contributed by atoms with Crippen molar-refractivity contribution in [2.75, 3.05) is 5.32 Å². The minimum absolute atomic E-state index is 0.0352. The number of hydrogen-bond acceptors (Lipinski definition) is 3. The van der Waals surface area contributed by atoms with Gasteiger partial charge in [0.25, 0.3) is 5.91 Å². The topological polar surface area (TPSA) is 62.1 Å². The van der Waals surface area contributed by atoms with Gasteiger partial charge in [-0.1, -0.05) is 54.6 Å². The second-order valence-electron chi connectivity index (χ2n) is 7.13. The Kier molecular flexibility index (Phi) is 6.83. The third-order valence-corrected chi connectivity index (χ3v) is 5.65. The van der Waals surface area contributed by atoms with E-state index in [-0.39, 0.29) is 5.57 Å². The second-order valence-corrected chi connectivity index (χ2v) is 8.37. The van der Waals surface area contributed by atoms with Gasteiger partial charge in [-0.3, -0.25) is 4.79 Å². The average Bonchev–Trinajstić information content (AvgIpc) is 2.83. The molecular weight excluding hydrogens is 511 g/mol. The van der Waals surface area contributed by atoms with E-state index in [4.69, 9.17) is 4.74 Å². The Labute approximate surface area is 200 Å². The summed E-state index contributed by atoms with van der Waals surface area (Å²) in [4.78, 5) is 12.4. The Bertz CT molecular complexity index is 1320. The van der Waals surface area contributed by atoms with Crippen molar-refractivity contribution in [2.24, 2.45) is 0 Å². The SMILES string of the molecule is N#C/C(=C/c1ccc(OCc2cccc3ccccc23)cc1)C(=O)Nc1ccc(I)cc1. The van der Waals surface area contributed by atoms with Gasteiger partial charge in [0, 0.05) is 9.26 Å². The first-order chi connectivity index (χ1) is 15.6. The molecule has 0 fully saturated rings. The Morgan fingerprint density at radius 2 is 1.66 bits per heavy atom. The Hall–Kier alpha value is -3.63. The van der Waals surface area contributed by atoms with Crippen molar-refractivity contribution in [3.8, 4) is 11.8 Å². The van der Waals surface area contributed by atoms with Gasteiger partial charge < -0.3 is 10.1 Å². The molecule has 1 amide bonds. The fourth-order valence-corrected chi connectivity index (χ4v) is 3.65. The zero-order valence-electron chi connectivity index (χ0n) is 17.1. The van der Waals surface area contributed by atoms with Crippen LogP contribution < -0.4 is 10.1 Å². The normalized spacial score (nSPS) is 11.1. The molecule has 0 unspecified atom stereocenters. The number of nitrogens with one attached hydrogen (secondary N) is 1. The number of nitriles is 1. The number of benzene rings is 4. The average molecular weight is 530 g/mol. The molecule has 4 rings (SSSR count). The lowest BCUT2D eigenvalue weighted by molar-refractivity contribution is -0.112. The van der Waals surface area contributed by atoms with Crippen LogP contribution in [0.4, 0.5) is 5.69 Å². The summed E-state index contributed by atoms with van der Waals surface area (Å²) in [6, 6.07) is 31.1. The molecule has 4 aromatic rings. The van der Waals surface area contributed by atoms with Crippen LogP contribution in [-0.4, -0.2) is 5.91 Å². The van der Waals surface area contributed by atoms with Crippen LogP contribution in [0, 0.1) is 14.9 Å². The van der Waals surface area contributed by atoms with Gasteiger partial charge in [-0.15, -0.1) is 0 Å². The minimum atomic E-state index is -0.440. The van der Waals surface area contributed by atoms with Crippen molar-refractivity contribution in [2.45, 2.75) is 6.61 Å². The summed E-state index contributed by atoms with van der Waals surface area (Å²) in [6.45, 7) is 0.457.